The zero-order valence-electron chi connectivity index (χ0n) is 13.0. The molecule has 0 saturated carbocycles. The summed E-state index contributed by atoms with van der Waals surface area (Å²) in [6.45, 7) is 0. The molecule has 0 unspecified atom stereocenters. The quantitative estimate of drug-likeness (QED) is 0.546. The first-order chi connectivity index (χ1) is 12.1. The Hall–Kier alpha value is -3.41. The number of rotatable bonds is 3. The Labute approximate surface area is 142 Å². The van der Waals surface area contributed by atoms with Crippen LogP contribution < -0.4 is 10.7 Å². The number of benzene rings is 3. The molecule has 5 nitrogen and oxygen atoms in total. The van der Waals surface area contributed by atoms with Crippen LogP contribution in [-0.2, 0) is 5.66 Å². The average Bonchev–Trinajstić information content (AvgIpc) is 3.06. The number of nitrogens with zero attached hydrogens (tertiary/aromatic N) is 3. The van der Waals surface area contributed by atoms with Crippen molar-refractivity contribution in [3.05, 3.63) is 111 Å². The number of halogens is 1. The lowest BCUT2D eigenvalue weighted by Crippen LogP contribution is -2.28. The van der Waals surface area contributed by atoms with E-state index in [2.05, 4.69) is 9.98 Å². The van der Waals surface area contributed by atoms with E-state index in [1.807, 2.05) is 60.7 Å². The van der Waals surface area contributed by atoms with Crippen molar-refractivity contribution in [3.63, 3.8) is 0 Å². The second kappa shape index (κ2) is 5.59. The highest BCUT2D eigenvalue weighted by Crippen LogP contribution is 2.36. The van der Waals surface area contributed by atoms with Gasteiger partial charge < -0.3 is 0 Å². The molecule has 4 rings (SSSR count). The topological polar surface area (TPSA) is 67.9 Å². The van der Waals surface area contributed by atoms with E-state index in [1.165, 1.54) is 0 Å². The lowest BCUT2D eigenvalue weighted by atomic mass is 9.92. The van der Waals surface area contributed by atoms with E-state index in [9.17, 15) is 14.5 Å². The van der Waals surface area contributed by atoms with Crippen LogP contribution in [0, 0.1) is 15.9 Å². The summed E-state index contributed by atoms with van der Waals surface area (Å²) < 4.78 is 14.3. The molecule has 1 aliphatic rings. The molecule has 0 radical (unpaired) electrons. The monoisotopic (exact) mass is 333 g/mol. The van der Waals surface area contributed by atoms with Crippen LogP contribution in [0.3, 0.4) is 0 Å². The Kier molecular flexibility index (Phi) is 3.39. The van der Waals surface area contributed by atoms with E-state index in [1.54, 1.807) is 0 Å². The summed E-state index contributed by atoms with van der Waals surface area (Å²) in [4.78, 5) is 19.8. The summed E-state index contributed by atoms with van der Waals surface area (Å²) in [5.41, 5.74) is -0.0660. The van der Waals surface area contributed by atoms with Gasteiger partial charge in [-0.3, -0.25) is 10.1 Å². The minimum atomic E-state index is -1.24. The molecule has 0 amide bonds. The Morgan fingerprint density at radius 3 is 1.84 bits per heavy atom. The predicted molar refractivity (Wildman–Crippen MR) is 89.0 cm³/mol. The third-order valence-corrected chi connectivity index (χ3v) is 4.18. The zero-order valence-corrected chi connectivity index (χ0v) is 13.0. The smallest absolute Gasteiger partial charge is 0.258 e. The predicted octanol–water partition coefficient (Wildman–Crippen LogP) is 2.89. The third-order valence-electron chi connectivity index (χ3n) is 4.18. The Bertz CT molecular complexity index is 1040. The van der Waals surface area contributed by atoms with Crippen molar-refractivity contribution in [2.45, 2.75) is 5.66 Å². The van der Waals surface area contributed by atoms with Crippen molar-refractivity contribution in [1.82, 2.24) is 0 Å². The fourth-order valence-corrected chi connectivity index (χ4v) is 3.02. The molecule has 1 aliphatic heterocycles. The van der Waals surface area contributed by atoms with Crippen molar-refractivity contribution < 1.29 is 9.31 Å². The van der Waals surface area contributed by atoms with Crippen molar-refractivity contribution in [2.75, 3.05) is 0 Å². The van der Waals surface area contributed by atoms with Gasteiger partial charge in [-0.25, -0.2) is 14.4 Å². The van der Waals surface area contributed by atoms with E-state index in [0.29, 0.717) is 11.1 Å². The van der Waals surface area contributed by atoms with Crippen LogP contribution in [0.15, 0.2) is 82.8 Å². The average molecular weight is 333 g/mol. The van der Waals surface area contributed by atoms with E-state index in [-0.39, 0.29) is 16.4 Å². The van der Waals surface area contributed by atoms with Gasteiger partial charge in [0.2, 0.25) is 5.66 Å². The zero-order chi connectivity index (χ0) is 17.4. The van der Waals surface area contributed by atoms with Gasteiger partial charge >= 0.3 is 0 Å². The Morgan fingerprint density at radius 1 is 0.800 bits per heavy atom. The van der Waals surface area contributed by atoms with Crippen LogP contribution in [0.4, 0.5) is 10.1 Å². The lowest BCUT2D eigenvalue weighted by Gasteiger charge is -2.24. The number of hydrogen-bond acceptors (Lipinski definition) is 4. The highest BCUT2D eigenvalue weighted by Gasteiger charge is 2.38. The largest absolute Gasteiger partial charge is 0.296 e. The first-order valence-electron chi connectivity index (χ1n) is 7.65. The molecule has 0 aromatic heterocycles. The van der Waals surface area contributed by atoms with Gasteiger partial charge in [0.05, 0.1) is 4.92 Å². The summed E-state index contributed by atoms with van der Waals surface area (Å²) in [7, 11) is 0. The van der Waals surface area contributed by atoms with Crippen LogP contribution in [0.1, 0.15) is 11.1 Å². The van der Waals surface area contributed by atoms with Crippen molar-refractivity contribution >= 4 is 5.69 Å². The van der Waals surface area contributed by atoms with Gasteiger partial charge in [-0.05, 0) is 6.07 Å². The van der Waals surface area contributed by atoms with E-state index < -0.39 is 16.4 Å². The molecule has 0 bridgehead atoms. The first kappa shape index (κ1) is 15.1. The fourth-order valence-electron chi connectivity index (χ4n) is 3.02. The molecule has 0 saturated heterocycles. The number of nitro groups is 1. The van der Waals surface area contributed by atoms with Crippen LogP contribution >= 0.6 is 0 Å². The Balaban J connectivity index is 2.12. The molecule has 3 aromatic carbocycles. The molecule has 0 N–H and O–H groups in total. The van der Waals surface area contributed by atoms with Crippen molar-refractivity contribution in [3.8, 4) is 0 Å². The molecule has 0 spiro atoms. The van der Waals surface area contributed by atoms with Crippen LogP contribution in [0.25, 0.3) is 0 Å². The van der Waals surface area contributed by atoms with E-state index in [0.717, 1.165) is 12.1 Å². The summed E-state index contributed by atoms with van der Waals surface area (Å²) in [5.74, 6) is -0.627. The van der Waals surface area contributed by atoms with Gasteiger partial charge in [0.1, 0.15) is 5.36 Å². The molecule has 6 heteroatoms. The van der Waals surface area contributed by atoms with Gasteiger partial charge in [0.25, 0.3) is 5.69 Å². The van der Waals surface area contributed by atoms with Gasteiger partial charge in [-0.15, -0.1) is 0 Å². The highest BCUT2D eigenvalue weighted by molar-refractivity contribution is 5.42. The SMILES string of the molecule is O=[N+]([O-])c1ccc(F)c2c1=NC(c1ccccc1)(c1ccccc1)N=2. The van der Waals surface area contributed by atoms with Gasteiger partial charge in [0.15, 0.2) is 11.2 Å². The molecule has 1 heterocycles. The standard InChI is InChI=1S/C19H12FN3O2/c20-15-11-12-16(23(24)25)18-17(15)21-19(22-18,13-7-3-1-4-8-13)14-9-5-2-6-10-14/h1-12H. The van der Waals surface area contributed by atoms with Gasteiger partial charge in [0, 0.05) is 17.2 Å². The fraction of sp³-hybridized carbons (Fsp3) is 0.0526. The Morgan fingerprint density at radius 2 is 1.32 bits per heavy atom. The molecule has 122 valence electrons. The summed E-state index contributed by atoms with van der Waals surface area (Å²) in [6, 6.07) is 20.5. The van der Waals surface area contributed by atoms with Crippen molar-refractivity contribution in [1.29, 1.82) is 0 Å². The number of non-ortho nitro benzene ring substituents is 1. The maximum Gasteiger partial charge on any atom is 0.296 e. The van der Waals surface area contributed by atoms with Crippen LogP contribution in [0.5, 0.6) is 0 Å². The second-order valence-corrected chi connectivity index (χ2v) is 5.65. The molecule has 0 aliphatic carbocycles. The minimum absolute atomic E-state index is 0.0299. The molecule has 0 atom stereocenters. The summed E-state index contributed by atoms with van der Waals surface area (Å²) in [6.07, 6.45) is 0. The van der Waals surface area contributed by atoms with E-state index >= 15 is 0 Å². The van der Waals surface area contributed by atoms with E-state index in [4.69, 9.17) is 0 Å². The van der Waals surface area contributed by atoms with Crippen molar-refractivity contribution in [2.24, 2.45) is 9.98 Å². The molecule has 0 fully saturated rings. The third kappa shape index (κ3) is 2.30. The lowest BCUT2D eigenvalue weighted by molar-refractivity contribution is -0.386. The minimum Gasteiger partial charge on any atom is -0.258 e. The summed E-state index contributed by atoms with van der Waals surface area (Å²) in [5, 5.41) is 11.2. The first-order valence-corrected chi connectivity index (χ1v) is 7.65. The molecule has 25 heavy (non-hydrogen) atoms. The number of fused-ring (bicyclic) bond motifs is 1. The molecular formula is C19H12FN3O2. The summed E-state index contributed by atoms with van der Waals surface area (Å²) >= 11 is 0. The molecule has 3 aromatic rings. The normalized spacial score (nSPS) is 14.3. The maximum absolute atomic E-state index is 14.3. The van der Waals surface area contributed by atoms with Gasteiger partial charge in [-0.2, -0.15) is 0 Å². The maximum atomic E-state index is 14.3. The number of hydrogen-bond donors (Lipinski definition) is 0. The van der Waals surface area contributed by atoms with Crippen LogP contribution in [-0.4, -0.2) is 4.92 Å². The number of nitro benzene ring substituents is 1. The van der Waals surface area contributed by atoms with Crippen LogP contribution in [0.2, 0.25) is 0 Å². The molecular weight excluding hydrogens is 321 g/mol. The highest BCUT2D eigenvalue weighted by atomic mass is 19.1. The second-order valence-electron chi connectivity index (χ2n) is 5.65. The van der Waals surface area contributed by atoms with Gasteiger partial charge in [-0.1, -0.05) is 60.7 Å².